The van der Waals surface area contributed by atoms with Crippen LogP contribution in [0.25, 0.3) is 0 Å². The number of benzene rings is 1. The Balaban J connectivity index is 2.41. The van der Waals surface area contributed by atoms with E-state index >= 15 is 0 Å². The van der Waals surface area contributed by atoms with Crippen molar-refractivity contribution >= 4 is 51.8 Å². The van der Waals surface area contributed by atoms with Gasteiger partial charge < -0.3 is 15.7 Å². The molecule has 7 heteroatoms. The Labute approximate surface area is 130 Å². The summed E-state index contributed by atoms with van der Waals surface area (Å²) >= 11 is 13.0. The molecule has 2 rings (SSSR count). The zero-order valence-corrected chi connectivity index (χ0v) is 12.7. The van der Waals surface area contributed by atoms with E-state index in [1.54, 1.807) is 24.3 Å². The van der Waals surface area contributed by atoms with Gasteiger partial charge in [-0.2, -0.15) is 0 Å². The van der Waals surface area contributed by atoms with Crippen LogP contribution < -0.4 is 10.6 Å². The highest BCUT2D eigenvalue weighted by Gasteiger charge is 2.23. The Morgan fingerprint density at radius 3 is 2.60 bits per heavy atom. The summed E-state index contributed by atoms with van der Waals surface area (Å²) in [6.07, 6.45) is 0. The number of carbonyl (C=O) groups excluding carboxylic acids is 1. The van der Waals surface area contributed by atoms with Crippen LogP contribution in [0.15, 0.2) is 30.3 Å². The Morgan fingerprint density at radius 2 is 2.05 bits per heavy atom. The Kier molecular flexibility index (Phi) is 4.88. The zero-order valence-electron chi connectivity index (χ0n) is 10.3. The lowest BCUT2D eigenvalue weighted by Gasteiger charge is -2.23. The molecular formula is C13H12Cl2N2O2S. The molecule has 2 aromatic rings. The number of aliphatic hydroxyl groups is 1. The molecule has 106 valence electrons. The van der Waals surface area contributed by atoms with Crippen molar-refractivity contribution < 1.29 is 9.90 Å². The van der Waals surface area contributed by atoms with Gasteiger partial charge in [0.2, 0.25) is 0 Å². The first kappa shape index (κ1) is 15.1. The van der Waals surface area contributed by atoms with Crippen molar-refractivity contribution in [2.75, 3.05) is 23.8 Å². The van der Waals surface area contributed by atoms with Crippen LogP contribution in [0.2, 0.25) is 8.67 Å². The maximum absolute atomic E-state index is 12.5. The maximum Gasteiger partial charge on any atom is 0.260 e. The van der Waals surface area contributed by atoms with E-state index in [1.807, 2.05) is 0 Å². The highest BCUT2D eigenvalue weighted by atomic mass is 35.5. The van der Waals surface area contributed by atoms with Gasteiger partial charge in [0.25, 0.3) is 5.91 Å². The second-order valence-electron chi connectivity index (χ2n) is 3.98. The molecule has 0 fully saturated rings. The highest BCUT2D eigenvalue weighted by Crippen LogP contribution is 2.33. The van der Waals surface area contributed by atoms with Crippen molar-refractivity contribution in [2.24, 2.45) is 0 Å². The fourth-order valence-electron chi connectivity index (χ4n) is 1.80. The van der Waals surface area contributed by atoms with Crippen molar-refractivity contribution in [1.82, 2.24) is 0 Å². The SMILES string of the molecule is Nc1ccccc1N(CCO)C(=O)c1cc(Cl)sc1Cl. The molecule has 0 radical (unpaired) electrons. The number of carbonyl (C=O) groups is 1. The number of nitrogens with zero attached hydrogens (tertiary/aromatic N) is 1. The summed E-state index contributed by atoms with van der Waals surface area (Å²) in [5.41, 5.74) is 7.17. The number of anilines is 2. The minimum atomic E-state index is -0.342. The van der Waals surface area contributed by atoms with Gasteiger partial charge in [0.1, 0.15) is 4.34 Å². The van der Waals surface area contributed by atoms with E-state index in [4.69, 9.17) is 34.0 Å². The predicted molar refractivity (Wildman–Crippen MR) is 84.0 cm³/mol. The van der Waals surface area contributed by atoms with Crippen LogP contribution in [0.4, 0.5) is 11.4 Å². The van der Waals surface area contributed by atoms with Crippen LogP contribution >= 0.6 is 34.5 Å². The van der Waals surface area contributed by atoms with Crippen molar-refractivity contribution in [2.45, 2.75) is 0 Å². The van der Waals surface area contributed by atoms with Crippen molar-refractivity contribution in [3.63, 3.8) is 0 Å². The van der Waals surface area contributed by atoms with E-state index < -0.39 is 0 Å². The molecule has 1 amide bonds. The molecule has 0 spiro atoms. The second-order valence-corrected chi connectivity index (χ2v) is 6.26. The molecule has 1 heterocycles. The highest BCUT2D eigenvalue weighted by molar-refractivity contribution is 7.20. The van der Waals surface area contributed by atoms with Crippen LogP contribution in [0, 0.1) is 0 Å². The smallest absolute Gasteiger partial charge is 0.260 e. The number of amides is 1. The van der Waals surface area contributed by atoms with Gasteiger partial charge in [0.15, 0.2) is 0 Å². The second kappa shape index (κ2) is 6.45. The molecule has 1 aromatic carbocycles. The number of thiophene rings is 1. The van der Waals surface area contributed by atoms with E-state index in [0.29, 0.717) is 25.6 Å². The summed E-state index contributed by atoms with van der Waals surface area (Å²) in [6, 6.07) is 8.46. The van der Waals surface area contributed by atoms with E-state index in [0.717, 1.165) is 11.3 Å². The fraction of sp³-hybridized carbons (Fsp3) is 0.154. The molecule has 0 aliphatic heterocycles. The summed E-state index contributed by atoms with van der Waals surface area (Å²) in [7, 11) is 0. The van der Waals surface area contributed by atoms with Gasteiger partial charge >= 0.3 is 0 Å². The third-order valence-electron chi connectivity index (χ3n) is 2.68. The Hall–Kier alpha value is -1.27. The number of hydrogen-bond acceptors (Lipinski definition) is 4. The van der Waals surface area contributed by atoms with E-state index in [1.165, 1.54) is 11.0 Å². The topological polar surface area (TPSA) is 66.6 Å². The normalized spacial score (nSPS) is 10.6. The van der Waals surface area contributed by atoms with E-state index in [2.05, 4.69) is 0 Å². The standard InChI is InChI=1S/C13H12Cl2N2O2S/c14-11-7-8(12(15)20-11)13(19)17(5-6-18)10-4-2-1-3-9(10)16/h1-4,7,18H,5-6,16H2. The van der Waals surface area contributed by atoms with Gasteiger partial charge in [-0.1, -0.05) is 35.3 Å². The van der Waals surface area contributed by atoms with Gasteiger partial charge in [-0.3, -0.25) is 4.79 Å². The first-order chi connectivity index (χ1) is 9.54. The summed E-state index contributed by atoms with van der Waals surface area (Å²) in [5, 5.41) is 9.17. The molecule has 0 aliphatic carbocycles. The lowest BCUT2D eigenvalue weighted by Crippen LogP contribution is -2.34. The molecular weight excluding hydrogens is 319 g/mol. The molecule has 0 saturated heterocycles. The predicted octanol–water partition coefficient (Wildman–Crippen LogP) is 3.28. The quantitative estimate of drug-likeness (QED) is 0.845. The van der Waals surface area contributed by atoms with E-state index in [-0.39, 0.29) is 19.1 Å². The van der Waals surface area contributed by atoms with Crippen molar-refractivity contribution in [3.8, 4) is 0 Å². The molecule has 0 atom stereocenters. The molecule has 1 aromatic heterocycles. The number of nitrogen functional groups attached to an aromatic ring is 1. The monoisotopic (exact) mass is 330 g/mol. The number of aliphatic hydroxyl groups excluding tert-OH is 1. The van der Waals surface area contributed by atoms with Gasteiger partial charge in [-0.25, -0.2) is 0 Å². The first-order valence-electron chi connectivity index (χ1n) is 5.76. The van der Waals surface area contributed by atoms with Gasteiger partial charge in [-0.05, 0) is 18.2 Å². The summed E-state index contributed by atoms with van der Waals surface area (Å²) in [5.74, 6) is -0.342. The number of nitrogens with two attached hydrogens (primary N) is 1. The molecule has 0 aliphatic rings. The van der Waals surface area contributed by atoms with Crippen LogP contribution in [0.3, 0.4) is 0 Å². The molecule has 0 bridgehead atoms. The van der Waals surface area contributed by atoms with Gasteiger partial charge in [-0.15, -0.1) is 11.3 Å². The number of hydrogen-bond donors (Lipinski definition) is 2. The molecule has 3 N–H and O–H groups in total. The minimum absolute atomic E-state index is 0.122. The minimum Gasteiger partial charge on any atom is -0.397 e. The lowest BCUT2D eigenvalue weighted by molar-refractivity contribution is 0.0981. The maximum atomic E-state index is 12.5. The van der Waals surface area contributed by atoms with Crippen molar-refractivity contribution in [1.29, 1.82) is 0 Å². The van der Waals surface area contributed by atoms with Crippen molar-refractivity contribution in [3.05, 3.63) is 44.6 Å². The van der Waals surface area contributed by atoms with Crippen LogP contribution in [-0.2, 0) is 0 Å². The van der Waals surface area contributed by atoms with Crippen LogP contribution in [0.5, 0.6) is 0 Å². The molecule has 4 nitrogen and oxygen atoms in total. The fourth-order valence-corrected chi connectivity index (χ4v) is 3.24. The van der Waals surface area contributed by atoms with Gasteiger partial charge in [0.05, 0.1) is 27.9 Å². The molecule has 20 heavy (non-hydrogen) atoms. The first-order valence-corrected chi connectivity index (χ1v) is 7.34. The molecule has 0 unspecified atom stereocenters. The van der Waals surface area contributed by atoms with Gasteiger partial charge in [0, 0.05) is 6.54 Å². The Morgan fingerprint density at radius 1 is 1.35 bits per heavy atom. The number of rotatable bonds is 4. The summed E-state index contributed by atoms with van der Waals surface area (Å²) in [4.78, 5) is 13.9. The van der Waals surface area contributed by atoms with Crippen LogP contribution in [-0.4, -0.2) is 24.2 Å². The lowest BCUT2D eigenvalue weighted by atomic mass is 10.2. The average molecular weight is 331 g/mol. The van der Waals surface area contributed by atoms with Crippen LogP contribution in [0.1, 0.15) is 10.4 Å². The molecule has 0 saturated carbocycles. The largest absolute Gasteiger partial charge is 0.397 e. The number of halogens is 2. The third kappa shape index (κ3) is 3.07. The summed E-state index contributed by atoms with van der Waals surface area (Å²) < 4.78 is 0.751. The number of para-hydroxylation sites is 2. The van der Waals surface area contributed by atoms with E-state index in [9.17, 15) is 4.79 Å². The Bertz CT molecular complexity index is 631. The third-order valence-corrected chi connectivity index (χ3v) is 4.17. The zero-order chi connectivity index (χ0) is 14.7. The average Bonchev–Trinajstić information content (AvgIpc) is 2.75. The summed E-state index contributed by atoms with van der Waals surface area (Å²) in [6.45, 7) is -0.0631.